The summed E-state index contributed by atoms with van der Waals surface area (Å²) in [6.45, 7) is 5.49. The van der Waals surface area contributed by atoms with E-state index in [0.717, 1.165) is 62.3 Å². The Morgan fingerprint density at radius 2 is 1.95 bits per heavy atom. The lowest BCUT2D eigenvalue weighted by atomic mass is 10.0. The van der Waals surface area contributed by atoms with Crippen LogP contribution in [0.2, 0.25) is 0 Å². The van der Waals surface area contributed by atoms with Crippen molar-refractivity contribution in [1.29, 1.82) is 0 Å². The van der Waals surface area contributed by atoms with Gasteiger partial charge < -0.3 is 9.80 Å². The van der Waals surface area contributed by atoms with Crippen LogP contribution in [0.5, 0.6) is 0 Å². The molecule has 6 heteroatoms. The predicted molar refractivity (Wildman–Crippen MR) is 89.3 cm³/mol. The minimum atomic E-state index is 0.345. The van der Waals surface area contributed by atoms with Crippen LogP contribution < -0.4 is 4.90 Å². The van der Waals surface area contributed by atoms with E-state index in [2.05, 4.69) is 21.2 Å². The number of rotatable bonds is 5. The van der Waals surface area contributed by atoms with Crippen LogP contribution in [0, 0.1) is 5.92 Å². The van der Waals surface area contributed by atoms with Crippen molar-refractivity contribution in [3.8, 4) is 0 Å². The van der Waals surface area contributed by atoms with Crippen LogP contribution in [0.3, 0.4) is 0 Å². The summed E-state index contributed by atoms with van der Waals surface area (Å²) in [5.41, 5.74) is 0. The number of carbonyl (C=O) groups is 1. The largest absolute Gasteiger partial charge is 0.343 e. The van der Waals surface area contributed by atoms with Gasteiger partial charge in [-0.1, -0.05) is 32.6 Å². The van der Waals surface area contributed by atoms with Crippen molar-refractivity contribution in [2.75, 3.05) is 31.1 Å². The first-order valence-corrected chi connectivity index (χ1v) is 9.39. The van der Waals surface area contributed by atoms with E-state index in [9.17, 15) is 4.79 Å². The summed E-state index contributed by atoms with van der Waals surface area (Å²) in [6, 6.07) is 0. The lowest BCUT2D eigenvalue weighted by molar-refractivity contribution is -0.131. The Bertz CT molecular complexity index is 490. The monoisotopic (exact) mass is 322 g/mol. The van der Waals surface area contributed by atoms with Crippen molar-refractivity contribution in [1.82, 2.24) is 14.3 Å². The molecule has 3 rings (SSSR count). The number of carbonyl (C=O) groups excluding carboxylic acids is 1. The second-order valence-electron chi connectivity index (χ2n) is 6.40. The topological polar surface area (TPSA) is 49.3 Å². The molecule has 122 valence electrons. The molecule has 0 atom stereocenters. The molecule has 1 saturated carbocycles. The first kappa shape index (κ1) is 15.7. The predicted octanol–water partition coefficient (Wildman–Crippen LogP) is 2.72. The number of aryl methyl sites for hydroxylation is 1. The zero-order valence-electron chi connectivity index (χ0n) is 13.5. The third kappa shape index (κ3) is 3.77. The Hall–Kier alpha value is -1.17. The van der Waals surface area contributed by atoms with Crippen molar-refractivity contribution in [2.45, 2.75) is 51.9 Å². The van der Waals surface area contributed by atoms with Crippen molar-refractivity contribution in [3.05, 3.63) is 5.82 Å². The number of anilines is 1. The zero-order chi connectivity index (χ0) is 15.4. The highest BCUT2D eigenvalue weighted by Crippen LogP contribution is 2.29. The van der Waals surface area contributed by atoms with Gasteiger partial charge in [0.2, 0.25) is 11.0 Å². The Morgan fingerprint density at radius 3 is 2.59 bits per heavy atom. The molecule has 1 aromatic rings. The number of amides is 1. The molecule has 0 bridgehead atoms. The summed E-state index contributed by atoms with van der Waals surface area (Å²) >= 11 is 1.48. The van der Waals surface area contributed by atoms with E-state index < -0.39 is 0 Å². The Morgan fingerprint density at radius 1 is 1.23 bits per heavy atom. The van der Waals surface area contributed by atoms with E-state index in [1.54, 1.807) is 0 Å². The van der Waals surface area contributed by atoms with Crippen molar-refractivity contribution in [2.24, 2.45) is 5.92 Å². The van der Waals surface area contributed by atoms with Crippen LogP contribution >= 0.6 is 11.5 Å². The standard InChI is InChI=1S/C16H26N4OS/c1-2-14-17-16(22-18-14)20-11-9-19(10-12-20)15(21)8-7-13-5-3-4-6-13/h13H,2-12H2,1H3. The molecule has 0 N–H and O–H groups in total. The Balaban J connectivity index is 1.43. The summed E-state index contributed by atoms with van der Waals surface area (Å²) < 4.78 is 4.35. The van der Waals surface area contributed by atoms with Gasteiger partial charge in [0, 0.05) is 50.6 Å². The van der Waals surface area contributed by atoms with E-state index in [-0.39, 0.29) is 0 Å². The third-order valence-corrected chi connectivity index (χ3v) is 5.73. The molecular weight excluding hydrogens is 296 g/mol. The van der Waals surface area contributed by atoms with Gasteiger partial charge in [0.05, 0.1) is 0 Å². The maximum absolute atomic E-state index is 12.3. The van der Waals surface area contributed by atoms with E-state index in [1.165, 1.54) is 37.2 Å². The molecule has 1 amide bonds. The second-order valence-corrected chi connectivity index (χ2v) is 7.13. The Labute approximate surface area is 136 Å². The summed E-state index contributed by atoms with van der Waals surface area (Å²) in [7, 11) is 0. The van der Waals surface area contributed by atoms with Crippen LogP contribution in [0.4, 0.5) is 5.13 Å². The highest BCUT2D eigenvalue weighted by molar-refractivity contribution is 7.09. The van der Waals surface area contributed by atoms with Gasteiger partial charge in [-0.25, -0.2) is 4.98 Å². The molecule has 22 heavy (non-hydrogen) atoms. The Kier molecular flexibility index (Phi) is 5.28. The number of piperazine rings is 1. The fourth-order valence-corrected chi connectivity index (χ4v) is 4.25. The molecule has 0 aromatic carbocycles. The SMILES string of the molecule is CCc1nsc(N2CCN(C(=O)CCC3CCCC3)CC2)n1. The van der Waals surface area contributed by atoms with Crippen LogP contribution in [0.1, 0.15) is 51.3 Å². The normalized spacial score (nSPS) is 19.9. The van der Waals surface area contributed by atoms with Crippen LogP contribution in [-0.2, 0) is 11.2 Å². The first-order valence-electron chi connectivity index (χ1n) is 8.61. The van der Waals surface area contributed by atoms with E-state index in [0.29, 0.717) is 5.91 Å². The van der Waals surface area contributed by atoms with E-state index in [4.69, 9.17) is 0 Å². The first-order chi connectivity index (χ1) is 10.8. The minimum Gasteiger partial charge on any atom is -0.343 e. The van der Waals surface area contributed by atoms with Crippen LogP contribution in [-0.4, -0.2) is 46.3 Å². The van der Waals surface area contributed by atoms with Gasteiger partial charge in [-0.15, -0.1) is 0 Å². The average Bonchev–Trinajstić information content (AvgIpc) is 3.24. The van der Waals surface area contributed by atoms with Gasteiger partial charge in [0.25, 0.3) is 0 Å². The maximum Gasteiger partial charge on any atom is 0.222 e. The number of aromatic nitrogens is 2. The van der Waals surface area contributed by atoms with Crippen LogP contribution in [0.15, 0.2) is 0 Å². The number of nitrogens with zero attached hydrogens (tertiary/aromatic N) is 4. The minimum absolute atomic E-state index is 0.345. The fraction of sp³-hybridized carbons (Fsp3) is 0.812. The molecule has 1 aromatic heterocycles. The molecule has 0 spiro atoms. The quantitative estimate of drug-likeness (QED) is 0.836. The van der Waals surface area contributed by atoms with E-state index in [1.807, 2.05) is 4.90 Å². The highest BCUT2D eigenvalue weighted by atomic mass is 32.1. The molecule has 2 heterocycles. The number of hydrogen-bond acceptors (Lipinski definition) is 5. The van der Waals surface area contributed by atoms with Gasteiger partial charge in [0.15, 0.2) is 0 Å². The average molecular weight is 322 g/mol. The summed E-state index contributed by atoms with van der Waals surface area (Å²) in [6.07, 6.45) is 8.10. The molecule has 1 saturated heterocycles. The fourth-order valence-electron chi connectivity index (χ4n) is 3.45. The third-order valence-electron chi connectivity index (χ3n) is 4.92. The van der Waals surface area contributed by atoms with Gasteiger partial charge in [-0.05, 0) is 12.3 Å². The summed E-state index contributed by atoms with van der Waals surface area (Å²) in [4.78, 5) is 21.2. The second kappa shape index (κ2) is 7.40. The molecule has 0 unspecified atom stereocenters. The molecular formula is C16H26N4OS. The molecule has 5 nitrogen and oxygen atoms in total. The lowest BCUT2D eigenvalue weighted by Gasteiger charge is -2.34. The zero-order valence-corrected chi connectivity index (χ0v) is 14.3. The summed E-state index contributed by atoms with van der Waals surface area (Å²) in [5.74, 6) is 2.08. The highest BCUT2D eigenvalue weighted by Gasteiger charge is 2.24. The molecule has 1 aliphatic heterocycles. The molecule has 2 fully saturated rings. The van der Waals surface area contributed by atoms with Crippen LogP contribution in [0.25, 0.3) is 0 Å². The number of hydrogen-bond donors (Lipinski definition) is 0. The van der Waals surface area contributed by atoms with Gasteiger partial charge in [-0.2, -0.15) is 4.37 Å². The maximum atomic E-state index is 12.3. The van der Waals surface area contributed by atoms with Crippen molar-refractivity contribution >= 4 is 22.6 Å². The smallest absolute Gasteiger partial charge is 0.222 e. The summed E-state index contributed by atoms with van der Waals surface area (Å²) in [5, 5.41) is 1.01. The lowest BCUT2D eigenvalue weighted by Crippen LogP contribution is -2.48. The van der Waals surface area contributed by atoms with E-state index >= 15 is 0 Å². The molecule has 2 aliphatic rings. The van der Waals surface area contributed by atoms with Crippen molar-refractivity contribution in [3.63, 3.8) is 0 Å². The molecule has 0 radical (unpaired) electrons. The van der Waals surface area contributed by atoms with Gasteiger partial charge in [-0.3, -0.25) is 4.79 Å². The molecule has 1 aliphatic carbocycles. The van der Waals surface area contributed by atoms with Crippen molar-refractivity contribution < 1.29 is 4.79 Å². The van der Waals surface area contributed by atoms with Gasteiger partial charge >= 0.3 is 0 Å². The van der Waals surface area contributed by atoms with Gasteiger partial charge in [0.1, 0.15) is 5.82 Å².